The summed E-state index contributed by atoms with van der Waals surface area (Å²) in [4.78, 5) is 56.4. The molecule has 0 unspecified atom stereocenters. The smallest absolute Gasteiger partial charge is 0.191 e. The van der Waals surface area contributed by atoms with E-state index >= 15 is 0 Å². The average molecular weight is 1740 g/mol. The lowest BCUT2D eigenvalue weighted by atomic mass is 9.92. The quantitative estimate of drug-likeness (QED) is 0.0619. The summed E-state index contributed by atoms with van der Waals surface area (Å²) in [5.74, 6) is 5.28. The van der Waals surface area contributed by atoms with Gasteiger partial charge in [0.15, 0.2) is 67.2 Å². The van der Waals surface area contributed by atoms with Gasteiger partial charge in [0, 0.05) is 28.3 Å². The Morgan fingerprint density at radius 1 is 0.188 bits per heavy atom. The van der Waals surface area contributed by atoms with E-state index in [0.29, 0.717) is 95.2 Å². The van der Waals surface area contributed by atoms with Crippen molar-refractivity contribution in [2.45, 2.75) is 20.6 Å². The minimum Gasteiger partial charge on any atom is -0.507 e. The molecule has 0 aliphatic rings. The minimum atomic E-state index is 0.0583. The fraction of sp³-hybridized carbons (Fsp3) is 0.0467. The Morgan fingerprint density at radius 2 is 0.461 bits per heavy atom. The zero-order chi connectivity index (χ0) is 87.0. The van der Waals surface area contributed by atoms with Crippen molar-refractivity contribution in [2.75, 3.05) is 32.1 Å². The Hall–Kier alpha value is -15.3. The van der Waals surface area contributed by atoms with E-state index in [9.17, 15) is 20.4 Å². The van der Waals surface area contributed by atoms with Gasteiger partial charge in [-0.25, -0.2) is 59.8 Å². The van der Waals surface area contributed by atoms with Gasteiger partial charge in [0.1, 0.15) is 28.7 Å². The molecule has 0 fully saturated rings. The normalized spacial score (nSPS) is 11.4. The number of methoxy groups -OCH3 is 1. The lowest BCUT2D eigenvalue weighted by Gasteiger charge is -2.14. The second kappa shape index (κ2) is 35.0. The van der Waals surface area contributed by atoms with Gasteiger partial charge in [-0.1, -0.05) is 302 Å². The molecular weight excluding hydrogens is 1660 g/mol. The zero-order valence-corrected chi connectivity index (χ0v) is 72.7. The molecule has 0 atom stereocenters. The molecule has 21 heteroatoms. The van der Waals surface area contributed by atoms with E-state index in [0.717, 1.165) is 76.1 Å². The van der Waals surface area contributed by atoms with Crippen molar-refractivity contribution < 1.29 is 25.2 Å². The number of phenols is 4. The monoisotopic (exact) mass is 1730 g/mol. The van der Waals surface area contributed by atoms with Crippen LogP contribution < -0.4 is 4.74 Å². The number of aromatic hydroxyl groups is 4. The van der Waals surface area contributed by atoms with Crippen LogP contribution in [-0.2, 0) is 0 Å². The van der Waals surface area contributed by atoms with Crippen LogP contribution in [-0.4, -0.2) is 112 Å². The van der Waals surface area contributed by atoms with Gasteiger partial charge in [0.2, 0.25) is 0 Å². The number of hydrogen-bond acceptors (Lipinski definition) is 21. The van der Waals surface area contributed by atoms with Gasteiger partial charge in [-0.15, -0.1) is 0 Å². The summed E-state index contributed by atoms with van der Waals surface area (Å²) in [7, 11) is 1.57. The molecular formula is C107H74N12O5S4. The van der Waals surface area contributed by atoms with Crippen LogP contribution in [0.3, 0.4) is 0 Å². The first-order valence-electron chi connectivity index (χ1n) is 41.0. The molecule has 23 aromatic rings. The highest BCUT2D eigenvalue weighted by atomic mass is 32.2. The third kappa shape index (κ3) is 15.5. The number of aromatic nitrogens is 12. The molecule has 4 heterocycles. The van der Waals surface area contributed by atoms with E-state index in [1.807, 2.05) is 91.8 Å². The Balaban J connectivity index is 0.000000107. The summed E-state index contributed by atoms with van der Waals surface area (Å²) in [6, 6.07) is 111. The van der Waals surface area contributed by atoms with E-state index in [4.69, 9.17) is 44.6 Å². The first-order valence-corrected chi connectivity index (χ1v) is 45.9. The molecule has 0 saturated heterocycles. The summed E-state index contributed by atoms with van der Waals surface area (Å²) in [6.45, 7) is 0. The van der Waals surface area contributed by atoms with E-state index < -0.39 is 0 Å². The van der Waals surface area contributed by atoms with Crippen LogP contribution in [0.25, 0.3) is 210 Å². The lowest BCUT2D eigenvalue weighted by Crippen LogP contribution is -2.00. The predicted molar refractivity (Wildman–Crippen MR) is 527 cm³/mol. The summed E-state index contributed by atoms with van der Waals surface area (Å²) in [6.07, 6.45) is 7.76. The van der Waals surface area contributed by atoms with Gasteiger partial charge in [0.25, 0.3) is 0 Å². The Bertz CT molecular complexity index is 8300. The molecule has 19 aromatic carbocycles. The van der Waals surface area contributed by atoms with Gasteiger partial charge in [0.05, 0.1) is 29.4 Å². The van der Waals surface area contributed by atoms with Crippen molar-refractivity contribution in [1.29, 1.82) is 0 Å². The third-order valence-corrected chi connectivity index (χ3v) is 25.1. The molecule has 4 aromatic heterocycles. The van der Waals surface area contributed by atoms with Gasteiger partial charge < -0.3 is 25.2 Å². The van der Waals surface area contributed by atoms with Crippen molar-refractivity contribution in [3.63, 3.8) is 0 Å². The number of thioether (sulfide) groups is 4. The third-order valence-electron chi connectivity index (χ3n) is 22.9. The van der Waals surface area contributed by atoms with Crippen molar-refractivity contribution in [1.82, 2.24) is 59.8 Å². The van der Waals surface area contributed by atoms with E-state index in [1.165, 1.54) is 112 Å². The number of ether oxygens (including phenoxy) is 1. The standard InChI is InChI=1S/C29H21N3O2S.C28H19N3OS.C26H17N3OS.C24H17N3OS/c1-34-18-12-14-23(26(33)15-18)27-30-28(32-29(31-27)35-2)25-16-24-19-8-4-3-7-17(19)11-13-22(24)20-9-5-6-10-21(20)25;1-33-28-30-26(22-12-6-7-13-25(22)32)29-27(31-28)24-16-23-18-9-3-2-8-17(18)14-15-21(23)19-10-4-5-11-20(19)24;1-31-26-28-24(27-25(29-26)20-7-2-3-8-21(20)30)19-14-12-17-10-9-15-5-4-6-16-11-13-18(19)23(17)22(15)16;1-29-24-26-22(19-12-6-7-13-21(19)28)25-23(27-24)20-14-15-8-2-3-9-16(15)17-10-4-5-11-18(17)20/h3-16,33H,1-2H3;2-16,32H,1H3;2-14,30H,1H3;2-14,28H,1H3. The fourth-order valence-corrected chi connectivity index (χ4v) is 18.3. The SMILES string of the molecule is COc1ccc(-c2nc(SC)nc(-c3cc4c5ccccc5ccc4c4ccccc34)n2)c(O)c1.CSc1nc(-c2ccccc2O)nc(-c2cc3c4ccccc4ccc3c3ccccc23)n1.CSc1nc(-c2ccccc2O)nc(-c2cc3ccccc3c3ccccc23)n1.CSc1nc(-c2ccccc2O)nc(-c2ccc3ccc4cccc5ccc2c3c45)n1. The molecule has 17 nitrogen and oxygen atoms in total. The summed E-state index contributed by atoms with van der Waals surface area (Å²) in [5.41, 5.74) is 6.09. The predicted octanol–water partition coefficient (Wildman–Crippen LogP) is 26.7. The first kappa shape index (κ1) is 81.1. The number of hydrogen-bond donors (Lipinski definition) is 4. The Labute approximate surface area is 751 Å². The number of nitrogens with zero attached hydrogens (tertiary/aromatic N) is 12. The number of phenolic OH excluding ortho intramolecular Hbond substituents is 4. The Kier molecular flexibility index (Phi) is 22.2. The van der Waals surface area contributed by atoms with Crippen LogP contribution in [0, 0.1) is 0 Å². The molecule has 0 bridgehead atoms. The highest BCUT2D eigenvalue weighted by molar-refractivity contribution is 7.99. The van der Waals surface area contributed by atoms with Crippen LogP contribution in [0.5, 0.6) is 28.7 Å². The highest BCUT2D eigenvalue weighted by Crippen LogP contribution is 2.45. The van der Waals surface area contributed by atoms with Crippen LogP contribution in [0.15, 0.2) is 354 Å². The Morgan fingerprint density at radius 3 is 0.859 bits per heavy atom. The minimum absolute atomic E-state index is 0.0583. The molecule has 616 valence electrons. The maximum absolute atomic E-state index is 10.6. The molecule has 0 radical (unpaired) electrons. The molecule has 0 saturated carbocycles. The lowest BCUT2D eigenvalue weighted by molar-refractivity contribution is 0.408. The summed E-state index contributed by atoms with van der Waals surface area (Å²) >= 11 is 5.82. The van der Waals surface area contributed by atoms with Gasteiger partial charge in [-0.05, 0) is 216 Å². The van der Waals surface area contributed by atoms with Gasteiger partial charge in [-0.3, -0.25) is 0 Å². The van der Waals surface area contributed by atoms with Crippen LogP contribution >= 0.6 is 47.0 Å². The van der Waals surface area contributed by atoms with Crippen LogP contribution in [0.1, 0.15) is 0 Å². The maximum Gasteiger partial charge on any atom is 0.191 e. The van der Waals surface area contributed by atoms with Crippen molar-refractivity contribution in [3.05, 3.63) is 334 Å². The molecule has 0 aliphatic heterocycles. The second-order valence-corrected chi connectivity index (χ2v) is 33.3. The van der Waals surface area contributed by atoms with Crippen LogP contribution in [0.2, 0.25) is 0 Å². The zero-order valence-electron chi connectivity index (χ0n) is 69.5. The molecule has 4 N–H and O–H groups in total. The van der Waals surface area contributed by atoms with E-state index in [1.54, 1.807) is 61.7 Å². The number of rotatable bonds is 13. The molecule has 0 aliphatic carbocycles. The maximum atomic E-state index is 10.6. The van der Waals surface area contributed by atoms with E-state index in [2.05, 4.69) is 232 Å². The molecule has 0 amide bonds. The number of fused-ring (bicyclic) bond motifs is 13. The van der Waals surface area contributed by atoms with Crippen molar-refractivity contribution in [2.24, 2.45) is 0 Å². The van der Waals surface area contributed by atoms with Gasteiger partial charge in [-0.2, -0.15) is 0 Å². The first-order chi connectivity index (χ1) is 62.8. The number of benzene rings is 19. The average Bonchev–Trinajstić information content (AvgIpc) is 0.713. The summed E-state index contributed by atoms with van der Waals surface area (Å²) in [5, 5.41) is 69.9. The highest BCUT2D eigenvalue weighted by Gasteiger charge is 2.24. The molecule has 23 rings (SSSR count). The molecule has 0 spiro atoms. The topological polar surface area (TPSA) is 245 Å². The fourth-order valence-electron chi connectivity index (χ4n) is 16.8. The second-order valence-electron chi connectivity index (χ2n) is 30.2. The van der Waals surface area contributed by atoms with Crippen molar-refractivity contribution in [3.8, 4) is 120 Å². The molecule has 128 heavy (non-hydrogen) atoms. The van der Waals surface area contributed by atoms with Crippen molar-refractivity contribution >= 4 is 166 Å². The number of para-hydroxylation sites is 3. The van der Waals surface area contributed by atoms with E-state index in [-0.39, 0.29) is 23.0 Å². The summed E-state index contributed by atoms with van der Waals surface area (Å²) < 4.78 is 5.23. The van der Waals surface area contributed by atoms with Crippen LogP contribution in [0.4, 0.5) is 0 Å². The van der Waals surface area contributed by atoms with Gasteiger partial charge >= 0.3 is 0 Å². The largest absolute Gasteiger partial charge is 0.507 e.